The van der Waals surface area contributed by atoms with Gasteiger partial charge in [0.1, 0.15) is 5.82 Å². The maximum absolute atomic E-state index is 12.9. The van der Waals surface area contributed by atoms with Gasteiger partial charge in [0.25, 0.3) is 0 Å². The summed E-state index contributed by atoms with van der Waals surface area (Å²) in [7, 11) is -3.63. The molecular formula is C14H17FN2O3S. The number of carbonyl (C=O) groups excluding carboxylic acids is 1. The predicted octanol–water partition coefficient (Wildman–Crippen LogP) is 0.828. The van der Waals surface area contributed by atoms with Gasteiger partial charge in [-0.3, -0.25) is 4.79 Å². The van der Waals surface area contributed by atoms with Crippen LogP contribution in [0.5, 0.6) is 0 Å². The van der Waals surface area contributed by atoms with Gasteiger partial charge in [0.2, 0.25) is 15.9 Å². The van der Waals surface area contributed by atoms with Crippen molar-refractivity contribution in [1.29, 1.82) is 0 Å². The SMILES string of the molecule is C[C@H]1C(=O)NC[C@H]2CN(S(=O)(=O)c3ccc(F)cc3)C[C@H]21. The van der Waals surface area contributed by atoms with Gasteiger partial charge in [0.15, 0.2) is 0 Å². The summed E-state index contributed by atoms with van der Waals surface area (Å²) in [4.78, 5) is 11.8. The Morgan fingerprint density at radius 1 is 1.24 bits per heavy atom. The minimum Gasteiger partial charge on any atom is -0.356 e. The summed E-state index contributed by atoms with van der Waals surface area (Å²) >= 11 is 0. The van der Waals surface area contributed by atoms with Crippen molar-refractivity contribution in [3.8, 4) is 0 Å². The maximum atomic E-state index is 12.9. The van der Waals surface area contributed by atoms with Crippen LogP contribution in [0.25, 0.3) is 0 Å². The van der Waals surface area contributed by atoms with Gasteiger partial charge < -0.3 is 5.32 Å². The van der Waals surface area contributed by atoms with E-state index in [0.717, 1.165) is 12.1 Å². The first-order valence-corrected chi connectivity index (χ1v) is 8.37. The molecule has 114 valence electrons. The normalized spacial score (nSPS) is 30.0. The second kappa shape index (κ2) is 5.06. The van der Waals surface area contributed by atoms with Crippen molar-refractivity contribution >= 4 is 15.9 Å². The summed E-state index contributed by atoms with van der Waals surface area (Å²) in [6.45, 7) is 3.09. The van der Waals surface area contributed by atoms with E-state index >= 15 is 0 Å². The van der Waals surface area contributed by atoms with Crippen LogP contribution in [0.2, 0.25) is 0 Å². The molecule has 2 heterocycles. The van der Waals surface area contributed by atoms with E-state index in [1.807, 2.05) is 6.92 Å². The second-order valence-electron chi connectivity index (χ2n) is 5.73. The standard InChI is InChI=1S/C14H17FN2O3S/c1-9-13-8-17(7-10(13)6-16-14(9)18)21(19,20)12-4-2-11(15)3-5-12/h2-5,9-10,13H,6-8H2,1H3,(H,16,18)/t9-,10+,13+/m1/s1. The number of sulfonamides is 1. The first-order valence-electron chi connectivity index (χ1n) is 6.93. The lowest BCUT2D eigenvalue weighted by Gasteiger charge is -2.29. The van der Waals surface area contributed by atoms with Crippen molar-refractivity contribution in [2.24, 2.45) is 17.8 Å². The fourth-order valence-electron chi connectivity index (χ4n) is 3.18. The molecule has 1 aromatic carbocycles. The molecule has 0 radical (unpaired) electrons. The van der Waals surface area contributed by atoms with Gasteiger partial charge in [-0.05, 0) is 36.1 Å². The minimum atomic E-state index is -3.63. The van der Waals surface area contributed by atoms with Crippen LogP contribution < -0.4 is 5.32 Å². The lowest BCUT2D eigenvalue weighted by Crippen LogP contribution is -2.46. The molecule has 0 bridgehead atoms. The molecule has 0 aliphatic carbocycles. The third kappa shape index (κ3) is 2.44. The highest BCUT2D eigenvalue weighted by molar-refractivity contribution is 7.89. The third-order valence-corrected chi connectivity index (χ3v) is 6.35. The van der Waals surface area contributed by atoms with E-state index < -0.39 is 15.8 Å². The first kappa shape index (κ1) is 14.5. The molecule has 0 unspecified atom stereocenters. The summed E-state index contributed by atoms with van der Waals surface area (Å²) in [5.41, 5.74) is 0. The molecule has 0 spiro atoms. The molecule has 2 fully saturated rings. The summed E-state index contributed by atoms with van der Waals surface area (Å²) < 4.78 is 39.5. The Morgan fingerprint density at radius 2 is 1.90 bits per heavy atom. The molecule has 5 nitrogen and oxygen atoms in total. The van der Waals surface area contributed by atoms with Crippen molar-refractivity contribution in [2.45, 2.75) is 11.8 Å². The van der Waals surface area contributed by atoms with Crippen molar-refractivity contribution in [1.82, 2.24) is 9.62 Å². The molecule has 1 amide bonds. The first-order chi connectivity index (χ1) is 9.89. The molecule has 0 saturated carbocycles. The van der Waals surface area contributed by atoms with Crippen molar-refractivity contribution in [2.75, 3.05) is 19.6 Å². The van der Waals surface area contributed by atoms with E-state index in [-0.39, 0.29) is 28.6 Å². The van der Waals surface area contributed by atoms with Crippen LogP contribution >= 0.6 is 0 Å². The van der Waals surface area contributed by atoms with Gasteiger partial charge >= 0.3 is 0 Å². The number of hydrogen-bond donors (Lipinski definition) is 1. The zero-order chi connectivity index (χ0) is 15.2. The average molecular weight is 312 g/mol. The van der Waals surface area contributed by atoms with Gasteiger partial charge in [0.05, 0.1) is 4.90 Å². The van der Waals surface area contributed by atoms with Crippen LogP contribution in [0.1, 0.15) is 6.92 Å². The lowest BCUT2D eigenvalue weighted by molar-refractivity contribution is -0.128. The summed E-state index contributed by atoms with van der Waals surface area (Å²) in [6.07, 6.45) is 0. The fraction of sp³-hybridized carbons (Fsp3) is 0.500. The number of fused-ring (bicyclic) bond motifs is 1. The number of rotatable bonds is 2. The average Bonchev–Trinajstić information content (AvgIpc) is 2.89. The smallest absolute Gasteiger partial charge is 0.243 e. The van der Waals surface area contributed by atoms with Crippen molar-refractivity contribution < 1.29 is 17.6 Å². The number of piperidine rings is 1. The van der Waals surface area contributed by atoms with Crippen LogP contribution in [0, 0.1) is 23.6 Å². The van der Waals surface area contributed by atoms with Crippen molar-refractivity contribution in [3.63, 3.8) is 0 Å². The van der Waals surface area contributed by atoms with Gasteiger partial charge in [-0.2, -0.15) is 4.31 Å². The monoisotopic (exact) mass is 312 g/mol. The number of hydrogen-bond acceptors (Lipinski definition) is 3. The molecule has 2 aliphatic heterocycles. The molecule has 21 heavy (non-hydrogen) atoms. The Labute approximate surface area is 123 Å². The molecule has 2 saturated heterocycles. The molecule has 3 atom stereocenters. The van der Waals surface area contributed by atoms with E-state index in [1.165, 1.54) is 16.4 Å². The van der Waals surface area contributed by atoms with Gasteiger partial charge in [-0.1, -0.05) is 6.92 Å². The van der Waals surface area contributed by atoms with E-state index in [9.17, 15) is 17.6 Å². The Bertz CT molecular complexity index is 659. The minimum absolute atomic E-state index is 0.0164. The summed E-state index contributed by atoms with van der Waals surface area (Å²) in [6, 6.07) is 4.84. The highest BCUT2D eigenvalue weighted by Crippen LogP contribution is 2.35. The lowest BCUT2D eigenvalue weighted by atomic mass is 9.81. The third-order valence-electron chi connectivity index (χ3n) is 4.50. The topological polar surface area (TPSA) is 66.5 Å². The van der Waals surface area contributed by atoms with Crippen LogP contribution in [-0.4, -0.2) is 38.3 Å². The number of carbonyl (C=O) groups is 1. The zero-order valence-electron chi connectivity index (χ0n) is 11.6. The number of amides is 1. The predicted molar refractivity (Wildman–Crippen MR) is 74.3 cm³/mol. The van der Waals surface area contributed by atoms with Gasteiger partial charge in [-0.25, -0.2) is 12.8 Å². The largest absolute Gasteiger partial charge is 0.356 e. The summed E-state index contributed by atoms with van der Waals surface area (Å²) in [5, 5.41) is 2.81. The molecule has 1 N–H and O–H groups in total. The highest BCUT2D eigenvalue weighted by atomic mass is 32.2. The molecule has 1 aromatic rings. The number of nitrogens with one attached hydrogen (secondary N) is 1. The van der Waals surface area contributed by atoms with E-state index in [2.05, 4.69) is 5.32 Å². The highest BCUT2D eigenvalue weighted by Gasteiger charge is 2.45. The van der Waals surface area contributed by atoms with Crippen molar-refractivity contribution in [3.05, 3.63) is 30.1 Å². The van der Waals surface area contributed by atoms with Crippen LogP contribution in [0.15, 0.2) is 29.2 Å². The van der Waals surface area contributed by atoms with E-state index in [1.54, 1.807) is 0 Å². The molecule has 3 rings (SSSR count). The quantitative estimate of drug-likeness (QED) is 0.879. The maximum Gasteiger partial charge on any atom is 0.243 e. The van der Waals surface area contributed by atoms with E-state index in [0.29, 0.717) is 19.6 Å². The molecule has 2 aliphatic rings. The van der Waals surface area contributed by atoms with Crippen LogP contribution in [0.4, 0.5) is 4.39 Å². The Hall–Kier alpha value is -1.47. The zero-order valence-corrected chi connectivity index (χ0v) is 12.4. The number of halogens is 1. The Kier molecular flexibility index (Phi) is 3.49. The molecule has 7 heteroatoms. The molecular weight excluding hydrogens is 295 g/mol. The van der Waals surface area contributed by atoms with Crippen LogP contribution in [0.3, 0.4) is 0 Å². The number of benzene rings is 1. The number of nitrogens with zero attached hydrogens (tertiary/aromatic N) is 1. The Morgan fingerprint density at radius 3 is 2.57 bits per heavy atom. The fourth-order valence-corrected chi connectivity index (χ4v) is 4.71. The van der Waals surface area contributed by atoms with E-state index in [4.69, 9.17) is 0 Å². The second-order valence-corrected chi connectivity index (χ2v) is 7.67. The Balaban J connectivity index is 1.85. The van der Waals surface area contributed by atoms with Crippen LogP contribution in [-0.2, 0) is 14.8 Å². The van der Waals surface area contributed by atoms with Gasteiger partial charge in [0, 0.05) is 25.6 Å². The molecule has 0 aromatic heterocycles. The van der Waals surface area contributed by atoms with Gasteiger partial charge in [-0.15, -0.1) is 0 Å². The summed E-state index contributed by atoms with van der Waals surface area (Å²) in [5.74, 6) is -0.469.